The normalized spacial score (nSPS) is 11.2. The van der Waals surface area contributed by atoms with Crippen molar-refractivity contribution in [2.45, 2.75) is 12.6 Å². The van der Waals surface area contributed by atoms with Gasteiger partial charge in [0.2, 0.25) is 11.8 Å². The molecule has 2 aromatic rings. The zero-order valence-electron chi connectivity index (χ0n) is 12.8. The van der Waals surface area contributed by atoms with Gasteiger partial charge >= 0.3 is 6.18 Å². The quantitative estimate of drug-likeness (QED) is 0.590. The monoisotopic (exact) mass is 392 g/mol. The molecule has 0 saturated carbocycles. The first-order valence-electron chi connectivity index (χ1n) is 6.98. The van der Waals surface area contributed by atoms with Crippen molar-refractivity contribution in [2.75, 3.05) is 10.6 Å². The fourth-order valence-corrected chi connectivity index (χ4v) is 2.18. The van der Waals surface area contributed by atoms with E-state index in [0.717, 1.165) is 30.3 Å². The van der Waals surface area contributed by atoms with E-state index in [9.17, 15) is 31.5 Å². The minimum Gasteiger partial charge on any atom is -0.326 e. The number of halogens is 6. The summed E-state index contributed by atoms with van der Waals surface area (Å²) in [6.45, 7) is 0. The molecule has 0 spiro atoms. The van der Waals surface area contributed by atoms with Crippen LogP contribution in [0.25, 0.3) is 0 Å². The lowest BCUT2D eigenvalue weighted by atomic mass is 10.2. The van der Waals surface area contributed by atoms with Crippen molar-refractivity contribution in [3.05, 3.63) is 58.6 Å². The third kappa shape index (κ3) is 5.16. The summed E-state index contributed by atoms with van der Waals surface area (Å²) in [6.07, 6.45) is -5.45. The number of carbonyl (C=O) groups is 2. The Labute approximate surface area is 149 Å². The van der Waals surface area contributed by atoms with Crippen LogP contribution in [0.1, 0.15) is 12.0 Å². The van der Waals surface area contributed by atoms with Crippen LogP contribution in [-0.2, 0) is 15.8 Å². The minimum atomic E-state index is -4.71. The molecule has 2 rings (SSSR count). The molecular weight excluding hydrogens is 383 g/mol. The average molecular weight is 393 g/mol. The highest BCUT2D eigenvalue weighted by atomic mass is 35.5. The largest absolute Gasteiger partial charge is 0.417 e. The van der Waals surface area contributed by atoms with Crippen LogP contribution in [0.5, 0.6) is 0 Å². The fraction of sp³-hybridized carbons (Fsp3) is 0.125. The molecule has 0 radical (unpaired) electrons. The second-order valence-electron chi connectivity index (χ2n) is 5.09. The molecule has 0 bridgehead atoms. The number of carbonyl (C=O) groups excluding carboxylic acids is 2. The van der Waals surface area contributed by atoms with E-state index in [1.165, 1.54) is 0 Å². The van der Waals surface area contributed by atoms with Crippen molar-refractivity contribution in [1.29, 1.82) is 0 Å². The maximum atomic E-state index is 13.0. The van der Waals surface area contributed by atoms with Crippen LogP contribution in [0.2, 0.25) is 5.02 Å². The van der Waals surface area contributed by atoms with Gasteiger partial charge < -0.3 is 10.6 Å². The molecule has 0 atom stereocenters. The van der Waals surface area contributed by atoms with Gasteiger partial charge in [-0.3, -0.25) is 9.59 Å². The molecule has 0 aliphatic carbocycles. The van der Waals surface area contributed by atoms with Crippen LogP contribution in [0.3, 0.4) is 0 Å². The molecule has 0 aromatic heterocycles. The predicted molar refractivity (Wildman–Crippen MR) is 84.7 cm³/mol. The number of alkyl halides is 3. The molecular formula is C16H10ClF5N2O2. The number of anilines is 2. The van der Waals surface area contributed by atoms with E-state index in [4.69, 9.17) is 11.6 Å². The van der Waals surface area contributed by atoms with E-state index in [1.807, 2.05) is 0 Å². The summed E-state index contributed by atoms with van der Waals surface area (Å²) < 4.78 is 64.1. The van der Waals surface area contributed by atoms with E-state index in [-0.39, 0.29) is 11.4 Å². The summed E-state index contributed by atoms with van der Waals surface area (Å²) in [5, 5.41) is 3.75. The van der Waals surface area contributed by atoms with Crippen LogP contribution < -0.4 is 10.6 Å². The van der Waals surface area contributed by atoms with E-state index < -0.39 is 46.6 Å². The topological polar surface area (TPSA) is 58.2 Å². The zero-order valence-corrected chi connectivity index (χ0v) is 13.5. The van der Waals surface area contributed by atoms with Gasteiger partial charge in [-0.1, -0.05) is 11.6 Å². The van der Waals surface area contributed by atoms with E-state index in [1.54, 1.807) is 0 Å². The minimum absolute atomic E-state index is 0.0763. The van der Waals surface area contributed by atoms with Crippen molar-refractivity contribution in [3.8, 4) is 0 Å². The number of benzene rings is 2. The van der Waals surface area contributed by atoms with E-state index in [2.05, 4.69) is 10.6 Å². The number of amides is 2. The standard InChI is InChI=1S/C16H10ClF5N2O2/c17-11-3-1-8(5-10(11)16(20,21)22)23-14(25)7-15(26)24-9-2-4-12(18)13(19)6-9/h1-6H,7H2,(H,23,25)(H,24,26). The first-order chi connectivity index (χ1) is 12.1. The van der Waals surface area contributed by atoms with Gasteiger partial charge in [0, 0.05) is 17.4 Å². The summed E-state index contributed by atoms with van der Waals surface area (Å²) in [7, 11) is 0. The van der Waals surface area contributed by atoms with Crippen LogP contribution in [0.15, 0.2) is 36.4 Å². The van der Waals surface area contributed by atoms with Gasteiger partial charge in [0.05, 0.1) is 10.6 Å². The Bertz CT molecular complexity index is 855. The molecule has 0 heterocycles. The predicted octanol–water partition coefficient (Wildman–Crippen LogP) is 4.60. The van der Waals surface area contributed by atoms with Crippen LogP contribution in [0, 0.1) is 11.6 Å². The van der Waals surface area contributed by atoms with Crippen LogP contribution >= 0.6 is 11.6 Å². The van der Waals surface area contributed by atoms with Gasteiger partial charge in [-0.15, -0.1) is 0 Å². The van der Waals surface area contributed by atoms with Crippen molar-refractivity contribution < 1.29 is 31.5 Å². The first kappa shape index (κ1) is 19.6. The maximum absolute atomic E-state index is 13.0. The lowest BCUT2D eigenvalue weighted by molar-refractivity contribution is -0.137. The van der Waals surface area contributed by atoms with Crippen molar-refractivity contribution in [1.82, 2.24) is 0 Å². The summed E-state index contributed by atoms with van der Waals surface area (Å²) in [6, 6.07) is 5.33. The smallest absolute Gasteiger partial charge is 0.326 e. The molecule has 2 amide bonds. The molecule has 2 aromatic carbocycles. The molecule has 2 N–H and O–H groups in total. The lowest BCUT2D eigenvalue weighted by Crippen LogP contribution is -2.21. The van der Waals surface area contributed by atoms with Gasteiger partial charge in [-0.25, -0.2) is 8.78 Å². The number of nitrogens with one attached hydrogen (secondary N) is 2. The molecule has 26 heavy (non-hydrogen) atoms. The lowest BCUT2D eigenvalue weighted by Gasteiger charge is -2.12. The molecule has 4 nitrogen and oxygen atoms in total. The van der Waals surface area contributed by atoms with Crippen molar-refractivity contribution in [3.63, 3.8) is 0 Å². The Kier molecular flexibility index (Phi) is 5.81. The highest BCUT2D eigenvalue weighted by molar-refractivity contribution is 6.31. The Morgan fingerprint density at radius 3 is 1.96 bits per heavy atom. The summed E-state index contributed by atoms with van der Waals surface area (Å²) in [5.74, 6) is -4.06. The summed E-state index contributed by atoms with van der Waals surface area (Å²) >= 11 is 5.46. The molecule has 0 aliphatic rings. The van der Waals surface area contributed by atoms with Gasteiger partial charge in [0.25, 0.3) is 0 Å². The number of hydrogen-bond donors (Lipinski definition) is 2. The second-order valence-corrected chi connectivity index (χ2v) is 5.50. The Morgan fingerprint density at radius 1 is 0.885 bits per heavy atom. The van der Waals surface area contributed by atoms with Crippen molar-refractivity contribution in [2.24, 2.45) is 0 Å². The third-order valence-electron chi connectivity index (χ3n) is 3.08. The summed E-state index contributed by atoms with van der Waals surface area (Å²) in [4.78, 5) is 23.5. The molecule has 0 saturated heterocycles. The highest BCUT2D eigenvalue weighted by Crippen LogP contribution is 2.36. The van der Waals surface area contributed by atoms with Gasteiger partial charge in [-0.05, 0) is 30.3 Å². The second kappa shape index (κ2) is 7.69. The zero-order chi connectivity index (χ0) is 19.5. The molecule has 10 heteroatoms. The van der Waals surface area contributed by atoms with E-state index in [0.29, 0.717) is 6.07 Å². The van der Waals surface area contributed by atoms with Gasteiger partial charge in [0.15, 0.2) is 11.6 Å². The van der Waals surface area contributed by atoms with Gasteiger partial charge in [-0.2, -0.15) is 13.2 Å². The Balaban J connectivity index is 2.00. The molecule has 0 aliphatic heterocycles. The first-order valence-corrected chi connectivity index (χ1v) is 7.35. The summed E-state index contributed by atoms with van der Waals surface area (Å²) in [5.41, 5.74) is -1.41. The molecule has 138 valence electrons. The van der Waals surface area contributed by atoms with Crippen molar-refractivity contribution >= 4 is 34.8 Å². The SMILES string of the molecule is O=C(CC(=O)Nc1ccc(Cl)c(C(F)(F)F)c1)Nc1ccc(F)c(F)c1. The number of hydrogen-bond acceptors (Lipinski definition) is 2. The maximum Gasteiger partial charge on any atom is 0.417 e. The molecule has 0 fully saturated rings. The third-order valence-corrected chi connectivity index (χ3v) is 3.41. The average Bonchev–Trinajstić information content (AvgIpc) is 2.51. The van der Waals surface area contributed by atoms with E-state index >= 15 is 0 Å². The van der Waals surface area contributed by atoms with Crippen LogP contribution in [0.4, 0.5) is 33.3 Å². The number of rotatable bonds is 4. The molecule has 0 unspecified atom stereocenters. The Hall–Kier alpha value is -2.68. The van der Waals surface area contributed by atoms with Gasteiger partial charge in [0.1, 0.15) is 6.42 Å². The highest BCUT2D eigenvalue weighted by Gasteiger charge is 2.33. The van der Waals surface area contributed by atoms with Crippen LogP contribution in [-0.4, -0.2) is 11.8 Å². The Morgan fingerprint density at radius 2 is 1.42 bits per heavy atom. The fourth-order valence-electron chi connectivity index (χ4n) is 1.95.